The number of hydrogen-bond acceptors (Lipinski definition) is 2. The summed E-state index contributed by atoms with van der Waals surface area (Å²) in [4.78, 5) is 0. The van der Waals surface area contributed by atoms with Crippen molar-refractivity contribution < 1.29 is 9.47 Å². The Labute approximate surface area is 148 Å². The summed E-state index contributed by atoms with van der Waals surface area (Å²) in [6.07, 6.45) is 8.66. The molecule has 134 valence electrons. The molecule has 2 heteroatoms. The maximum atomic E-state index is 5.89. The van der Waals surface area contributed by atoms with Crippen LogP contribution in [0.15, 0.2) is 35.4 Å². The standard InChI is InChI=1S/C22H34O2/c1-7-19-15-21(23-8-2)20(22(16-19)24-9-3)14-13-18(6)12-10-11-17(4)5/h11,13,15-16H,7-10,12,14H2,1-6H3/b18-13+. The molecule has 1 aromatic carbocycles. The van der Waals surface area contributed by atoms with Gasteiger partial charge >= 0.3 is 0 Å². The lowest BCUT2D eigenvalue weighted by molar-refractivity contribution is 0.317. The van der Waals surface area contributed by atoms with Crippen molar-refractivity contribution in [2.75, 3.05) is 13.2 Å². The molecule has 0 aliphatic heterocycles. The molecular weight excluding hydrogens is 296 g/mol. The Balaban J connectivity index is 3.00. The van der Waals surface area contributed by atoms with Crippen LogP contribution in [-0.4, -0.2) is 13.2 Å². The largest absolute Gasteiger partial charge is 0.493 e. The van der Waals surface area contributed by atoms with Gasteiger partial charge < -0.3 is 9.47 Å². The molecule has 0 bridgehead atoms. The molecule has 0 saturated carbocycles. The minimum absolute atomic E-state index is 0.676. The minimum Gasteiger partial charge on any atom is -0.493 e. The van der Waals surface area contributed by atoms with E-state index in [1.807, 2.05) is 13.8 Å². The van der Waals surface area contributed by atoms with Crippen LogP contribution in [0.25, 0.3) is 0 Å². The molecule has 1 rings (SSSR count). The van der Waals surface area contributed by atoms with Gasteiger partial charge in [0.1, 0.15) is 11.5 Å². The van der Waals surface area contributed by atoms with Gasteiger partial charge in [-0.15, -0.1) is 0 Å². The quantitative estimate of drug-likeness (QED) is 0.470. The van der Waals surface area contributed by atoms with E-state index in [0.29, 0.717) is 13.2 Å². The molecule has 0 unspecified atom stereocenters. The summed E-state index contributed by atoms with van der Waals surface area (Å²) in [5, 5.41) is 0. The Hall–Kier alpha value is -1.70. The molecule has 1 aromatic rings. The monoisotopic (exact) mass is 330 g/mol. The van der Waals surface area contributed by atoms with Gasteiger partial charge in [-0.3, -0.25) is 0 Å². The first-order valence-corrected chi connectivity index (χ1v) is 9.22. The van der Waals surface area contributed by atoms with Crippen LogP contribution in [0.5, 0.6) is 11.5 Å². The van der Waals surface area contributed by atoms with Crippen LogP contribution in [0.3, 0.4) is 0 Å². The summed E-state index contributed by atoms with van der Waals surface area (Å²) in [5.41, 5.74) is 5.22. The molecule has 0 fully saturated rings. The SMILES string of the molecule is CCOc1cc(CC)cc(OCC)c1C/C=C(\C)CCC=C(C)C. The second-order valence-electron chi connectivity index (χ2n) is 6.36. The van der Waals surface area contributed by atoms with Crippen LogP contribution < -0.4 is 9.47 Å². The Morgan fingerprint density at radius 3 is 1.96 bits per heavy atom. The summed E-state index contributed by atoms with van der Waals surface area (Å²) in [5.74, 6) is 1.93. The van der Waals surface area contributed by atoms with E-state index in [2.05, 4.69) is 52.0 Å². The molecule has 0 N–H and O–H groups in total. The molecule has 0 atom stereocenters. The molecular formula is C22H34O2. The number of allylic oxidation sites excluding steroid dienone is 4. The molecule has 0 heterocycles. The van der Waals surface area contributed by atoms with Crippen LogP contribution in [0.4, 0.5) is 0 Å². The Morgan fingerprint density at radius 1 is 0.917 bits per heavy atom. The zero-order valence-corrected chi connectivity index (χ0v) is 16.4. The molecule has 0 saturated heterocycles. The molecule has 0 amide bonds. The summed E-state index contributed by atoms with van der Waals surface area (Å²) in [6.45, 7) is 14.1. The van der Waals surface area contributed by atoms with Crippen molar-refractivity contribution in [3.05, 3.63) is 46.6 Å². The number of aryl methyl sites for hydroxylation is 1. The van der Waals surface area contributed by atoms with Crippen molar-refractivity contribution in [2.45, 2.75) is 67.2 Å². The van der Waals surface area contributed by atoms with Crippen molar-refractivity contribution in [2.24, 2.45) is 0 Å². The molecule has 2 nitrogen and oxygen atoms in total. The van der Waals surface area contributed by atoms with Crippen molar-refractivity contribution in [1.82, 2.24) is 0 Å². The Kier molecular flexibility index (Phi) is 9.29. The van der Waals surface area contributed by atoms with Gasteiger partial charge in [0.2, 0.25) is 0 Å². The lowest BCUT2D eigenvalue weighted by atomic mass is 10.0. The fraction of sp³-hybridized carbons (Fsp3) is 0.545. The van der Waals surface area contributed by atoms with E-state index in [0.717, 1.165) is 42.7 Å². The highest BCUT2D eigenvalue weighted by atomic mass is 16.5. The lowest BCUT2D eigenvalue weighted by Crippen LogP contribution is -2.03. The fourth-order valence-corrected chi connectivity index (χ4v) is 2.61. The van der Waals surface area contributed by atoms with Crippen molar-refractivity contribution in [3.8, 4) is 11.5 Å². The first-order chi connectivity index (χ1) is 11.5. The average Bonchev–Trinajstić information content (AvgIpc) is 2.54. The highest BCUT2D eigenvalue weighted by Gasteiger charge is 2.12. The van der Waals surface area contributed by atoms with E-state index in [-0.39, 0.29) is 0 Å². The van der Waals surface area contributed by atoms with Gasteiger partial charge in [0.25, 0.3) is 0 Å². The summed E-state index contributed by atoms with van der Waals surface area (Å²) in [7, 11) is 0. The van der Waals surface area contributed by atoms with Gasteiger partial charge in [-0.05, 0) is 78.0 Å². The number of ether oxygens (including phenoxy) is 2. The van der Waals surface area contributed by atoms with E-state index in [4.69, 9.17) is 9.47 Å². The Bertz CT molecular complexity index is 536. The van der Waals surface area contributed by atoms with Crippen LogP contribution >= 0.6 is 0 Å². The maximum absolute atomic E-state index is 5.89. The van der Waals surface area contributed by atoms with Crippen LogP contribution in [-0.2, 0) is 12.8 Å². The Morgan fingerprint density at radius 2 is 1.50 bits per heavy atom. The first kappa shape index (κ1) is 20.3. The maximum Gasteiger partial charge on any atom is 0.126 e. The van der Waals surface area contributed by atoms with Crippen molar-refractivity contribution in [1.29, 1.82) is 0 Å². The van der Waals surface area contributed by atoms with Gasteiger partial charge in [-0.25, -0.2) is 0 Å². The van der Waals surface area contributed by atoms with Crippen LogP contribution in [0, 0.1) is 0 Å². The van der Waals surface area contributed by atoms with Gasteiger partial charge in [-0.2, -0.15) is 0 Å². The van der Waals surface area contributed by atoms with Crippen molar-refractivity contribution >= 4 is 0 Å². The van der Waals surface area contributed by atoms with E-state index >= 15 is 0 Å². The third-order valence-electron chi connectivity index (χ3n) is 3.98. The zero-order chi connectivity index (χ0) is 17.9. The van der Waals surface area contributed by atoms with Gasteiger partial charge in [0, 0.05) is 5.56 Å². The molecule has 0 radical (unpaired) electrons. The third kappa shape index (κ3) is 6.82. The summed E-state index contributed by atoms with van der Waals surface area (Å²) in [6, 6.07) is 4.32. The predicted octanol–water partition coefficient (Wildman–Crippen LogP) is 6.28. The fourth-order valence-electron chi connectivity index (χ4n) is 2.61. The number of benzene rings is 1. The highest BCUT2D eigenvalue weighted by molar-refractivity contribution is 5.49. The second kappa shape index (κ2) is 11.0. The zero-order valence-electron chi connectivity index (χ0n) is 16.4. The molecule has 0 aliphatic carbocycles. The molecule has 0 aliphatic rings. The topological polar surface area (TPSA) is 18.5 Å². The van der Waals surface area contributed by atoms with Crippen molar-refractivity contribution in [3.63, 3.8) is 0 Å². The van der Waals surface area contributed by atoms with E-state index in [1.54, 1.807) is 0 Å². The summed E-state index contributed by atoms with van der Waals surface area (Å²) < 4.78 is 11.8. The molecule has 0 aromatic heterocycles. The second-order valence-corrected chi connectivity index (χ2v) is 6.36. The van der Waals surface area contributed by atoms with Gasteiger partial charge in [-0.1, -0.05) is 30.2 Å². The third-order valence-corrected chi connectivity index (χ3v) is 3.98. The molecule has 0 spiro atoms. The number of hydrogen-bond donors (Lipinski definition) is 0. The minimum atomic E-state index is 0.676. The van der Waals surface area contributed by atoms with E-state index in [1.165, 1.54) is 16.7 Å². The number of rotatable bonds is 10. The highest BCUT2D eigenvalue weighted by Crippen LogP contribution is 2.32. The van der Waals surface area contributed by atoms with E-state index in [9.17, 15) is 0 Å². The first-order valence-electron chi connectivity index (χ1n) is 9.22. The lowest BCUT2D eigenvalue weighted by Gasteiger charge is -2.16. The smallest absolute Gasteiger partial charge is 0.126 e. The van der Waals surface area contributed by atoms with E-state index < -0.39 is 0 Å². The van der Waals surface area contributed by atoms with Crippen LogP contribution in [0.1, 0.15) is 65.5 Å². The normalized spacial score (nSPS) is 11.3. The summed E-state index contributed by atoms with van der Waals surface area (Å²) >= 11 is 0. The van der Waals surface area contributed by atoms with Gasteiger partial charge in [0.15, 0.2) is 0 Å². The van der Waals surface area contributed by atoms with Crippen LogP contribution in [0.2, 0.25) is 0 Å². The van der Waals surface area contributed by atoms with Gasteiger partial charge in [0.05, 0.1) is 13.2 Å². The molecule has 24 heavy (non-hydrogen) atoms. The predicted molar refractivity (Wildman–Crippen MR) is 104 cm³/mol. The average molecular weight is 331 g/mol.